The molecule has 0 spiro atoms. The van der Waals surface area contributed by atoms with Gasteiger partial charge in [0, 0.05) is 18.4 Å². The second kappa shape index (κ2) is 8.14. The van der Waals surface area contributed by atoms with E-state index >= 15 is 0 Å². The van der Waals surface area contributed by atoms with Gasteiger partial charge in [0.15, 0.2) is 11.5 Å². The molecule has 0 bridgehead atoms. The van der Waals surface area contributed by atoms with Crippen LogP contribution in [0.3, 0.4) is 0 Å². The van der Waals surface area contributed by atoms with E-state index < -0.39 is 16.4 Å². The quantitative estimate of drug-likeness (QED) is 0.702. The van der Waals surface area contributed by atoms with Crippen molar-refractivity contribution in [3.8, 4) is 11.5 Å². The molecule has 0 aliphatic rings. The van der Waals surface area contributed by atoms with E-state index in [1.54, 1.807) is 12.1 Å². The van der Waals surface area contributed by atoms with Gasteiger partial charge in [-0.3, -0.25) is 0 Å². The van der Waals surface area contributed by atoms with Crippen molar-refractivity contribution < 1.29 is 26.7 Å². The van der Waals surface area contributed by atoms with Crippen LogP contribution < -0.4 is 14.8 Å². The molecule has 1 N–H and O–H groups in total. The fraction of sp³-hybridized carbons (Fsp3) is 0.538. The molecule has 120 valence electrons. The van der Waals surface area contributed by atoms with E-state index in [0.717, 1.165) is 0 Å². The summed E-state index contributed by atoms with van der Waals surface area (Å²) in [5.74, 6) is 0.301. The minimum Gasteiger partial charge on any atom is -0.493 e. The van der Waals surface area contributed by atoms with Crippen molar-refractivity contribution in [2.75, 3.05) is 25.7 Å². The van der Waals surface area contributed by atoms with Crippen LogP contribution in [-0.4, -0.2) is 40.7 Å². The molecule has 0 heterocycles. The molecule has 0 radical (unpaired) electrons. The predicted octanol–water partition coefficient (Wildman–Crippen LogP) is 1.82. The Labute approximate surface area is 123 Å². The molecule has 5 nitrogen and oxygen atoms in total. The van der Waals surface area contributed by atoms with Crippen LogP contribution in [0, 0.1) is 0 Å². The highest BCUT2D eigenvalue weighted by Crippen LogP contribution is 2.32. The van der Waals surface area contributed by atoms with Crippen molar-refractivity contribution in [3.63, 3.8) is 0 Å². The highest BCUT2D eigenvalue weighted by Gasteiger charge is 2.14. The summed E-state index contributed by atoms with van der Waals surface area (Å²) >= 11 is 0. The maximum Gasteiger partial charge on any atom is 0.387 e. The number of nitrogens with one attached hydrogen (secondary N) is 1. The van der Waals surface area contributed by atoms with Crippen molar-refractivity contribution in [1.29, 1.82) is 0 Å². The van der Waals surface area contributed by atoms with E-state index in [1.165, 1.54) is 19.4 Å². The van der Waals surface area contributed by atoms with Crippen molar-refractivity contribution in [2.45, 2.75) is 19.6 Å². The monoisotopic (exact) mass is 323 g/mol. The SMILES string of the molecule is COc1cccc(CNCCCS(C)(=O)=O)c1OC(F)F. The Morgan fingerprint density at radius 1 is 1.33 bits per heavy atom. The normalized spacial score (nSPS) is 11.7. The molecule has 0 saturated carbocycles. The number of hydrogen-bond acceptors (Lipinski definition) is 5. The first-order chi connectivity index (χ1) is 9.83. The van der Waals surface area contributed by atoms with Crippen molar-refractivity contribution in [2.24, 2.45) is 0 Å². The van der Waals surface area contributed by atoms with E-state index in [2.05, 4.69) is 10.1 Å². The van der Waals surface area contributed by atoms with E-state index in [1.807, 2.05) is 0 Å². The number of methoxy groups -OCH3 is 1. The largest absolute Gasteiger partial charge is 0.493 e. The topological polar surface area (TPSA) is 64.6 Å². The zero-order valence-electron chi connectivity index (χ0n) is 11.9. The summed E-state index contributed by atoms with van der Waals surface area (Å²) in [6.07, 6.45) is 1.62. The smallest absolute Gasteiger partial charge is 0.387 e. The number of ether oxygens (including phenoxy) is 2. The van der Waals surface area contributed by atoms with Crippen molar-refractivity contribution in [1.82, 2.24) is 5.32 Å². The van der Waals surface area contributed by atoms with Gasteiger partial charge in [-0.1, -0.05) is 12.1 Å². The van der Waals surface area contributed by atoms with E-state index in [-0.39, 0.29) is 23.8 Å². The van der Waals surface area contributed by atoms with Crippen LogP contribution in [0.2, 0.25) is 0 Å². The van der Waals surface area contributed by atoms with Crippen LogP contribution in [-0.2, 0) is 16.4 Å². The zero-order valence-corrected chi connectivity index (χ0v) is 12.8. The summed E-state index contributed by atoms with van der Waals surface area (Å²) < 4.78 is 56.3. The molecule has 1 aromatic carbocycles. The third-order valence-corrected chi connectivity index (χ3v) is 3.70. The van der Waals surface area contributed by atoms with Gasteiger partial charge in [-0.25, -0.2) is 8.42 Å². The third-order valence-electron chi connectivity index (χ3n) is 2.67. The summed E-state index contributed by atoms with van der Waals surface area (Å²) in [5.41, 5.74) is 0.522. The fourth-order valence-electron chi connectivity index (χ4n) is 1.77. The van der Waals surface area contributed by atoms with Crippen molar-refractivity contribution in [3.05, 3.63) is 23.8 Å². The van der Waals surface area contributed by atoms with Crippen LogP contribution in [0.15, 0.2) is 18.2 Å². The number of benzene rings is 1. The van der Waals surface area contributed by atoms with E-state index in [0.29, 0.717) is 18.5 Å². The summed E-state index contributed by atoms with van der Waals surface area (Å²) in [5, 5.41) is 2.99. The van der Waals surface area contributed by atoms with Gasteiger partial charge >= 0.3 is 6.61 Å². The molecule has 1 aromatic rings. The molecule has 0 aliphatic carbocycles. The van der Waals surface area contributed by atoms with Gasteiger partial charge in [0.25, 0.3) is 0 Å². The Bertz CT molecular complexity index is 549. The van der Waals surface area contributed by atoms with Gasteiger partial charge in [-0.05, 0) is 19.0 Å². The molecular weight excluding hydrogens is 304 g/mol. The number of rotatable bonds is 9. The molecule has 0 aromatic heterocycles. The first-order valence-corrected chi connectivity index (χ1v) is 8.38. The first kappa shape index (κ1) is 17.6. The molecule has 0 atom stereocenters. The fourth-order valence-corrected chi connectivity index (χ4v) is 2.44. The average Bonchev–Trinajstić information content (AvgIpc) is 2.38. The number of para-hydroxylation sites is 1. The standard InChI is InChI=1S/C13H19F2NO4S/c1-19-11-6-3-5-10(12(11)20-13(14)15)9-16-7-4-8-21(2,17)18/h3,5-6,13,16H,4,7-9H2,1-2H3. The molecular formula is C13H19F2NO4S. The highest BCUT2D eigenvalue weighted by atomic mass is 32.2. The molecule has 1 rings (SSSR count). The van der Waals surface area contributed by atoms with Crippen molar-refractivity contribution >= 4 is 9.84 Å². The lowest BCUT2D eigenvalue weighted by Gasteiger charge is -2.14. The van der Waals surface area contributed by atoms with Crippen LogP contribution in [0.1, 0.15) is 12.0 Å². The Kier molecular flexibility index (Phi) is 6.83. The zero-order chi connectivity index (χ0) is 15.9. The Balaban J connectivity index is 2.61. The molecule has 8 heteroatoms. The lowest BCUT2D eigenvalue weighted by atomic mass is 10.2. The van der Waals surface area contributed by atoms with Gasteiger partial charge in [0.1, 0.15) is 9.84 Å². The maximum atomic E-state index is 12.4. The molecule has 21 heavy (non-hydrogen) atoms. The molecule has 0 amide bonds. The lowest BCUT2D eigenvalue weighted by molar-refractivity contribution is -0.0518. The van der Waals surface area contributed by atoms with Crippen LogP contribution in [0.4, 0.5) is 8.78 Å². The Morgan fingerprint density at radius 2 is 2.05 bits per heavy atom. The number of hydrogen-bond donors (Lipinski definition) is 1. The lowest BCUT2D eigenvalue weighted by Crippen LogP contribution is -2.19. The van der Waals surface area contributed by atoms with E-state index in [9.17, 15) is 17.2 Å². The molecule has 0 saturated heterocycles. The minimum absolute atomic E-state index is 0.00869. The minimum atomic E-state index is -2.99. The summed E-state index contributed by atoms with van der Waals surface area (Å²) in [6.45, 7) is -2.20. The number of halogens is 2. The van der Waals surface area contributed by atoms with Crippen LogP contribution >= 0.6 is 0 Å². The molecule has 0 aliphatic heterocycles. The summed E-state index contributed by atoms with van der Waals surface area (Å²) in [4.78, 5) is 0. The second-order valence-electron chi connectivity index (χ2n) is 4.49. The number of sulfone groups is 1. The van der Waals surface area contributed by atoms with Crippen LogP contribution in [0.5, 0.6) is 11.5 Å². The maximum absolute atomic E-state index is 12.4. The van der Waals surface area contributed by atoms with Gasteiger partial charge in [-0.2, -0.15) is 8.78 Å². The second-order valence-corrected chi connectivity index (χ2v) is 6.75. The van der Waals surface area contributed by atoms with Gasteiger partial charge in [0.2, 0.25) is 0 Å². The van der Waals surface area contributed by atoms with Gasteiger partial charge in [0.05, 0.1) is 12.9 Å². The predicted molar refractivity (Wildman–Crippen MR) is 75.7 cm³/mol. The highest BCUT2D eigenvalue weighted by molar-refractivity contribution is 7.90. The number of alkyl halides is 2. The molecule has 0 unspecified atom stereocenters. The Morgan fingerprint density at radius 3 is 2.62 bits per heavy atom. The summed E-state index contributed by atoms with van der Waals surface area (Å²) in [7, 11) is -1.62. The third kappa shape index (κ3) is 6.72. The van der Waals surface area contributed by atoms with E-state index in [4.69, 9.17) is 4.74 Å². The average molecular weight is 323 g/mol. The van der Waals surface area contributed by atoms with Gasteiger partial charge < -0.3 is 14.8 Å². The van der Waals surface area contributed by atoms with Gasteiger partial charge in [-0.15, -0.1) is 0 Å². The first-order valence-electron chi connectivity index (χ1n) is 6.32. The molecule has 0 fully saturated rings. The van der Waals surface area contributed by atoms with Crippen LogP contribution in [0.25, 0.3) is 0 Å². The summed E-state index contributed by atoms with van der Waals surface area (Å²) in [6, 6.07) is 4.85. The Hall–Kier alpha value is -1.41.